The van der Waals surface area contributed by atoms with Crippen molar-refractivity contribution in [3.05, 3.63) is 24.6 Å². The van der Waals surface area contributed by atoms with Gasteiger partial charge in [-0.2, -0.15) is 0 Å². The van der Waals surface area contributed by atoms with Gasteiger partial charge in [0.05, 0.1) is 18.3 Å². The smallest absolute Gasteiger partial charge is 0.306 e. The number of carboxylic acids is 1. The predicted octanol–water partition coefficient (Wildman–Crippen LogP) is 8.31. The number of carbonyl (C=O) groups is 1. The molecular weight excluding hydrogens is 426 g/mol. The van der Waals surface area contributed by atoms with Crippen LogP contribution in [-0.4, -0.2) is 35.9 Å². The van der Waals surface area contributed by atoms with Crippen LogP contribution in [0, 0.1) is 5.92 Å². The van der Waals surface area contributed by atoms with Crippen LogP contribution >= 0.6 is 0 Å². The van der Waals surface area contributed by atoms with Crippen LogP contribution < -0.4 is 5.32 Å². The fraction of sp³-hybridized carbons (Fsp3) is 0.828. The van der Waals surface area contributed by atoms with Gasteiger partial charge in [-0.3, -0.25) is 4.79 Å². The number of unbranched alkanes of at least 4 members (excludes halogenated alkanes) is 13. The molecule has 0 aromatic heterocycles. The summed E-state index contributed by atoms with van der Waals surface area (Å²) in [4.78, 5) is 11.6. The van der Waals surface area contributed by atoms with E-state index in [1.807, 2.05) is 0 Å². The van der Waals surface area contributed by atoms with E-state index in [1.165, 1.54) is 70.6 Å². The van der Waals surface area contributed by atoms with Crippen LogP contribution in [0.1, 0.15) is 129 Å². The quantitative estimate of drug-likeness (QED) is 0.0812. The van der Waals surface area contributed by atoms with E-state index in [0.29, 0.717) is 25.2 Å². The van der Waals surface area contributed by atoms with E-state index in [4.69, 9.17) is 9.84 Å². The van der Waals surface area contributed by atoms with Crippen molar-refractivity contribution >= 4 is 5.97 Å². The number of aliphatic hydroxyl groups excluding tert-OH is 1. The Morgan fingerprint density at radius 2 is 1.24 bits per heavy atom. The van der Waals surface area contributed by atoms with Crippen molar-refractivity contribution in [3.63, 3.8) is 0 Å². The molecule has 34 heavy (non-hydrogen) atoms. The topological polar surface area (TPSA) is 78.8 Å². The zero-order valence-corrected chi connectivity index (χ0v) is 22.3. The minimum Gasteiger partial charge on any atom is -0.513 e. The van der Waals surface area contributed by atoms with Crippen molar-refractivity contribution in [1.82, 2.24) is 5.32 Å². The van der Waals surface area contributed by atoms with Crippen LogP contribution in [0.3, 0.4) is 0 Å². The second kappa shape index (κ2) is 24.6. The summed E-state index contributed by atoms with van der Waals surface area (Å²) in [5.74, 6) is -0.612. The molecule has 0 amide bonds. The minimum atomic E-state index is -0.671. The van der Waals surface area contributed by atoms with Crippen LogP contribution in [0.15, 0.2) is 24.6 Å². The number of ether oxygens (including phenoxy) is 1. The standard InChI is InChI=1S/C29H55NO4/c1-4-24-34-25-23-30-26(2)21-22-28(29(32)33)20-18-16-14-12-10-8-6-5-7-9-11-13-15-17-19-27(3)31/h28,30-31H,2-25H2,1H3,(H,32,33). The zero-order chi connectivity index (χ0) is 25.3. The molecule has 0 spiro atoms. The molecule has 0 radical (unpaired) electrons. The van der Waals surface area contributed by atoms with Crippen molar-refractivity contribution in [3.8, 4) is 0 Å². The molecule has 0 bridgehead atoms. The first-order chi connectivity index (χ1) is 16.5. The summed E-state index contributed by atoms with van der Waals surface area (Å²) in [5.41, 5.74) is 0.913. The normalized spacial score (nSPS) is 11.9. The van der Waals surface area contributed by atoms with Crippen LogP contribution in [0.4, 0.5) is 0 Å². The van der Waals surface area contributed by atoms with Crippen molar-refractivity contribution in [2.75, 3.05) is 19.8 Å². The molecule has 5 heteroatoms. The molecule has 0 rings (SSSR count). The van der Waals surface area contributed by atoms with Gasteiger partial charge in [-0.25, -0.2) is 0 Å². The third kappa shape index (κ3) is 23.7. The summed E-state index contributed by atoms with van der Waals surface area (Å²) in [6.45, 7) is 11.8. The summed E-state index contributed by atoms with van der Waals surface area (Å²) in [7, 11) is 0. The number of hydrogen-bond acceptors (Lipinski definition) is 4. The lowest BCUT2D eigenvalue weighted by Gasteiger charge is -2.14. The molecule has 0 aromatic carbocycles. The Labute approximate surface area is 210 Å². The molecule has 0 fully saturated rings. The van der Waals surface area contributed by atoms with Gasteiger partial charge >= 0.3 is 5.97 Å². The van der Waals surface area contributed by atoms with Crippen molar-refractivity contribution in [1.29, 1.82) is 0 Å². The molecular formula is C29H55NO4. The lowest BCUT2D eigenvalue weighted by Crippen LogP contribution is -2.20. The van der Waals surface area contributed by atoms with Crippen molar-refractivity contribution in [2.24, 2.45) is 5.92 Å². The molecule has 0 aliphatic carbocycles. The predicted molar refractivity (Wildman–Crippen MR) is 144 cm³/mol. The number of aliphatic carboxylic acids is 1. The highest BCUT2D eigenvalue weighted by Gasteiger charge is 2.17. The molecule has 0 aliphatic heterocycles. The molecule has 0 aliphatic rings. The van der Waals surface area contributed by atoms with Gasteiger partial charge < -0.3 is 20.3 Å². The highest BCUT2D eigenvalue weighted by Crippen LogP contribution is 2.19. The Morgan fingerprint density at radius 1 is 0.735 bits per heavy atom. The van der Waals surface area contributed by atoms with Gasteiger partial charge in [0.2, 0.25) is 0 Å². The van der Waals surface area contributed by atoms with Crippen LogP contribution in [-0.2, 0) is 9.53 Å². The number of hydrogen-bond donors (Lipinski definition) is 3. The largest absolute Gasteiger partial charge is 0.513 e. The molecule has 200 valence electrons. The summed E-state index contributed by atoms with van der Waals surface area (Å²) in [6.07, 6.45) is 21.4. The molecule has 1 atom stereocenters. The maximum absolute atomic E-state index is 11.6. The van der Waals surface area contributed by atoms with Crippen molar-refractivity contribution in [2.45, 2.75) is 129 Å². The fourth-order valence-electron chi connectivity index (χ4n) is 4.22. The maximum atomic E-state index is 11.6. The van der Waals surface area contributed by atoms with Crippen molar-refractivity contribution < 1.29 is 19.7 Å². The molecule has 3 N–H and O–H groups in total. The van der Waals surface area contributed by atoms with E-state index in [0.717, 1.165) is 57.4 Å². The van der Waals surface area contributed by atoms with E-state index in [9.17, 15) is 9.90 Å². The van der Waals surface area contributed by atoms with Crippen LogP contribution in [0.5, 0.6) is 0 Å². The van der Waals surface area contributed by atoms with E-state index in [2.05, 4.69) is 25.4 Å². The molecule has 0 aromatic rings. The summed E-state index contributed by atoms with van der Waals surface area (Å²) < 4.78 is 5.43. The van der Waals surface area contributed by atoms with Gasteiger partial charge in [-0.15, -0.1) is 0 Å². The third-order valence-corrected chi connectivity index (χ3v) is 6.38. The fourth-order valence-corrected chi connectivity index (χ4v) is 4.22. The third-order valence-electron chi connectivity index (χ3n) is 6.38. The molecule has 0 heterocycles. The lowest BCUT2D eigenvalue weighted by molar-refractivity contribution is -0.142. The molecule has 0 saturated heterocycles. The van der Waals surface area contributed by atoms with E-state index in [1.54, 1.807) is 0 Å². The van der Waals surface area contributed by atoms with E-state index < -0.39 is 5.97 Å². The highest BCUT2D eigenvalue weighted by atomic mass is 16.5. The van der Waals surface area contributed by atoms with E-state index >= 15 is 0 Å². The Kier molecular flexibility index (Phi) is 23.5. The van der Waals surface area contributed by atoms with Gasteiger partial charge in [-0.1, -0.05) is 104 Å². The van der Waals surface area contributed by atoms with Crippen LogP contribution in [0.2, 0.25) is 0 Å². The summed E-state index contributed by atoms with van der Waals surface area (Å²) >= 11 is 0. The number of aliphatic hydroxyl groups is 1. The Balaban J connectivity index is 3.50. The second-order valence-corrected chi connectivity index (χ2v) is 9.77. The number of nitrogens with one attached hydrogen (secondary N) is 1. The first-order valence-corrected chi connectivity index (χ1v) is 14.1. The number of rotatable bonds is 27. The van der Waals surface area contributed by atoms with Gasteiger partial charge in [-0.05, 0) is 32.1 Å². The Hall–Kier alpha value is -1.49. The average molecular weight is 482 g/mol. The highest BCUT2D eigenvalue weighted by molar-refractivity contribution is 5.69. The summed E-state index contributed by atoms with van der Waals surface area (Å²) in [5, 5.41) is 21.8. The van der Waals surface area contributed by atoms with Gasteiger partial charge in [0.1, 0.15) is 0 Å². The maximum Gasteiger partial charge on any atom is 0.306 e. The summed E-state index contributed by atoms with van der Waals surface area (Å²) in [6, 6.07) is 0. The van der Waals surface area contributed by atoms with Crippen LogP contribution in [0.25, 0.3) is 0 Å². The van der Waals surface area contributed by atoms with Gasteiger partial charge in [0, 0.05) is 25.3 Å². The lowest BCUT2D eigenvalue weighted by atomic mass is 9.95. The molecule has 1 unspecified atom stereocenters. The first-order valence-electron chi connectivity index (χ1n) is 14.1. The zero-order valence-electron chi connectivity index (χ0n) is 22.3. The monoisotopic (exact) mass is 481 g/mol. The Morgan fingerprint density at radius 3 is 1.71 bits per heavy atom. The number of carboxylic acid groups (broad SMARTS) is 1. The molecule has 5 nitrogen and oxygen atoms in total. The average Bonchev–Trinajstić information content (AvgIpc) is 2.80. The van der Waals surface area contributed by atoms with Gasteiger partial charge in [0.15, 0.2) is 0 Å². The number of allylic oxidation sites excluding steroid dienone is 2. The van der Waals surface area contributed by atoms with E-state index in [-0.39, 0.29) is 5.92 Å². The first kappa shape index (κ1) is 32.5. The SMILES string of the molecule is C=C(O)CCCCCCCCCCCCCCCCC(CCC(=C)NCCOCCC)C(=O)O. The van der Waals surface area contributed by atoms with Gasteiger partial charge in [0.25, 0.3) is 0 Å². The Bertz CT molecular complexity index is 506. The molecule has 0 saturated carbocycles. The second-order valence-electron chi connectivity index (χ2n) is 9.77. The minimum absolute atomic E-state index is 0.260.